The molecule has 0 radical (unpaired) electrons. The average Bonchev–Trinajstić information content (AvgIpc) is 2.91. The van der Waals surface area contributed by atoms with Gasteiger partial charge in [-0.25, -0.2) is 4.79 Å². The van der Waals surface area contributed by atoms with Gasteiger partial charge in [0.25, 0.3) is 0 Å². The molecule has 1 N–H and O–H groups in total. The molecule has 0 spiro atoms. The largest absolute Gasteiger partial charge is 0.478 e. The highest BCUT2D eigenvalue weighted by molar-refractivity contribution is 6.30. The fourth-order valence-corrected chi connectivity index (χ4v) is 2.72. The second-order valence-corrected chi connectivity index (χ2v) is 5.77. The van der Waals surface area contributed by atoms with Crippen LogP contribution in [0.2, 0.25) is 5.02 Å². The highest BCUT2D eigenvalue weighted by atomic mass is 35.5. The lowest BCUT2D eigenvalue weighted by Crippen LogP contribution is -2.09. The first-order valence-electron chi connectivity index (χ1n) is 6.93. The number of rotatable bonds is 3. The average molecular weight is 354 g/mol. The summed E-state index contributed by atoms with van der Waals surface area (Å²) in [5, 5.41) is 10.1. The molecule has 0 aliphatic rings. The number of benzene rings is 2. The van der Waals surface area contributed by atoms with Crippen molar-refractivity contribution in [2.75, 3.05) is 0 Å². The van der Waals surface area contributed by atoms with Crippen LogP contribution in [0.1, 0.15) is 21.5 Å². The van der Waals surface area contributed by atoms with E-state index in [0.717, 1.165) is 11.6 Å². The number of carbonyl (C=O) groups is 1. The zero-order valence-corrected chi connectivity index (χ0v) is 12.9. The van der Waals surface area contributed by atoms with Crippen molar-refractivity contribution in [3.8, 4) is 0 Å². The van der Waals surface area contributed by atoms with E-state index in [-0.39, 0.29) is 16.5 Å². The van der Waals surface area contributed by atoms with Crippen LogP contribution < -0.4 is 0 Å². The molecule has 24 heavy (non-hydrogen) atoms. The van der Waals surface area contributed by atoms with Crippen LogP contribution in [0.3, 0.4) is 0 Å². The van der Waals surface area contributed by atoms with Crippen molar-refractivity contribution in [3.63, 3.8) is 0 Å². The van der Waals surface area contributed by atoms with Crippen molar-refractivity contribution >= 4 is 28.5 Å². The van der Waals surface area contributed by atoms with Gasteiger partial charge in [0.05, 0.1) is 16.6 Å². The Kier molecular flexibility index (Phi) is 4.01. The smallest absolute Gasteiger partial charge is 0.416 e. The maximum Gasteiger partial charge on any atom is 0.416 e. The molecule has 0 saturated heterocycles. The maximum atomic E-state index is 12.9. The third-order valence-corrected chi connectivity index (χ3v) is 3.94. The minimum absolute atomic E-state index is 0.233. The lowest BCUT2D eigenvalue weighted by atomic mass is 10.1. The molecule has 3 nitrogen and oxygen atoms in total. The summed E-state index contributed by atoms with van der Waals surface area (Å²) in [6.07, 6.45) is -3.03. The van der Waals surface area contributed by atoms with Gasteiger partial charge in [0.15, 0.2) is 0 Å². The van der Waals surface area contributed by atoms with Gasteiger partial charge in [-0.05, 0) is 35.9 Å². The Labute approximate surface area is 139 Å². The predicted octanol–water partition coefficient (Wildman–Crippen LogP) is 5.06. The van der Waals surface area contributed by atoms with Gasteiger partial charge in [0.2, 0.25) is 0 Å². The number of fused-ring (bicyclic) bond motifs is 1. The van der Waals surface area contributed by atoms with E-state index in [9.17, 15) is 23.1 Å². The Balaban J connectivity index is 2.13. The van der Waals surface area contributed by atoms with E-state index < -0.39 is 17.7 Å². The molecule has 0 fully saturated rings. The number of aromatic carboxylic acids is 1. The van der Waals surface area contributed by atoms with Crippen LogP contribution in [0.5, 0.6) is 0 Å². The lowest BCUT2D eigenvalue weighted by molar-refractivity contribution is -0.137. The fourth-order valence-electron chi connectivity index (χ4n) is 2.59. The van der Waals surface area contributed by atoms with E-state index >= 15 is 0 Å². The topological polar surface area (TPSA) is 42.2 Å². The molecule has 7 heteroatoms. The molecule has 0 unspecified atom stereocenters. The molecule has 1 aromatic heterocycles. The Morgan fingerprint density at radius 3 is 2.38 bits per heavy atom. The number of carboxylic acid groups (broad SMARTS) is 1. The Morgan fingerprint density at radius 1 is 1.12 bits per heavy atom. The molecule has 3 rings (SSSR count). The van der Waals surface area contributed by atoms with Gasteiger partial charge < -0.3 is 9.67 Å². The minimum atomic E-state index is -4.60. The first kappa shape index (κ1) is 16.4. The summed E-state index contributed by atoms with van der Waals surface area (Å²) in [5.74, 6) is -1.40. The number of hydrogen-bond acceptors (Lipinski definition) is 1. The fraction of sp³-hybridized carbons (Fsp3) is 0.118. The lowest BCUT2D eigenvalue weighted by Gasteiger charge is -2.12. The summed E-state index contributed by atoms with van der Waals surface area (Å²) in [7, 11) is 0. The molecule has 0 atom stereocenters. The van der Waals surface area contributed by atoms with E-state index in [0.29, 0.717) is 17.6 Å². The number of nitrogens with zero attached hydrogens (tertiary/aromatic N) is 1. The van der Waals surface area contributed by atoms with Gasteiger partial charge in [-0.2, -0.15) is 13.2 Å². The van der Waals surface area contributed by atoms with Gasteiger partial charge in [-0.15, -0.1) is 0 Å². The van der Waals surface area contributed by atoms with E-state index in [1.54, 1.807) is 35.0 Å². The molecule has 124 valence electrons. The van der Waals surface area contributed by atoms with E-state index in [2.05, 4.69) is 0 Å². The van der Waals surface area contributed by atoms with Crippen molar-refractivity contribution in [1.82, 2.24) is 4.57 Å². The summed E-state index contributed by atoms with van der Waals surface area (Å²) in [4.78, 5) is 11.4. The molecule has 3 aromatic rings. The molecular formula is C17H11ClF3NO2. The quantitative estimate of drug-likeness (QED) is 0.715. The van der Waals surface area contributed by atoms with Crippen molar-refractivity contribution < 1.29 is 23.1 Å². The number of halogens is 4. The Bertz CT molecular complexity index is 914. The second kappa shape index (κ2) is 5.87. The van der Waals surface area contributed by atoms with Gasteiger partial charge >= 0.3 is 12.1 Å². The predicted molar refractivity (Wildman–Crippen MR) is 84.5 cm³/mol. The van der Waals surface area contributed by atoms with E-state index in [1.807, 2.05) is 0 Å². The first-order valence-corrected chi connectivity index (χ1v) is 7.31. The summed E-state index contributed by atoms with van der Waals surface area (Å²) < 4.78 is 40.4. The van der Waals surface area contributed by atoms with Crippen molar-refractivity contribution in [1.29, 1.82) is 0 Å². The minimum Gasteiger partial charge on any atom is -0.478 e. The normalized spacial score (nSPS) is 11.8. The number of alkyl halides is 3. The van der Waals surface area contributed by atoms with Crippen LogP contribution in [-0.2, 0) is 12.7 Å². The van der Waals surface area contributed by atoms with Gasteiger partial charge in [-0.3, -0.25) is 0 Å². The summed E-state index contributed by atoms with van der Waals surface area (Å²) in [6, 6.07) is 10.1. The van der Waals surface area contributed by atoms with Crippen molar-refractivity contribution in [2.45, 2.75) is 12.7 Å². The van der Waals surface area contributed by atoms with Gasteiger partial charge in [-0.1, -0.05) is 23.7 Å². The molecule has 2 aromatic carbocycles. The van der Waals surface area contributed by atoms with Crippen LogP contribution in [0.15, 0.2) is 48.7 Å². The molecule has 0 bridgehead atoms. The number of hydrogen-bond donors (Lipinski definition) is 1. The van der Waals surface area contributed by atoms with Gasteiger partial charge in [0, 0.05) is 23.2 Å². The number of aromatic nitrogens is 1. The van der Waals surface area contributed by atoms with Crippen LogP contribution in [0.25, 0.3) is 10.9 Å². The second-order valence-electron chi connectivity index (χ2n) is 5.33. The third-order valence-electron chi connectivity index (χ3n) is 3.68. The SMILES string of the molecule is O=C(O)c1cc(C(F)(F)F)cc2ccn(Cc3ccc(Cl)cc3)c12. The zero-order chi connectivity index (χ0) is 17.5. The molecule has 0 aliphatic heterocycles. The van der Waals surface area contributed by atoms with Crippen LogP contribution >= 0.6 is 11.6 Å². The third kappa shape index (κ3) is 3.10. The van der Waals surface area contributed by atoms with Crippen LogP contribution in [0.4, 0.5) is 13.2 Å². The standard InChI is InChI=1S/C17H11ClF3NO2/c18-13-3-1-10(2-4-13)9-22-6-5-11-7-12(17(19,20)21)8-14(15(11)22)16(23)24/h1-8H,9H2,(H,23,24). The first-order chi connectivity index (χ1) is 11.3. The van der Waals surface area contributed by atoms with Crippen molar-refractivity contribution in [2.24, 2.45) is 0 Å². The molecule has 0 saturated carbocycles. The molecule has 0 amide bonds. The molecule has 1 heterocycles. The molecular weight excluding hydrogens is 343 g/mol. The monoisotopic (exact) mass is 353 g/mol. The van der Waals surface area contributed by atoms with Gasteiger partial charge in [0.1, 0.15) is 0 Å². The zero-order valence-electron chi connectivity index (χ0n) is 12.1. The van der Waals surface area contributed by atoms with Crippen LogP contribution in [-0.4, -0.2) is 15.6 Å². The maximum absolute atomic E-state index is 12.9. The van der Waals surface area contributed by atoms with Crippen LogP contribution in [0, 0.1) is 0 Å². The summed E-state index contributed by atoms with van der Waals surface area (Å²) >= 11 is 5.82. The Hall–Kier alpha value is -2.47. The van der Waals surface area contributed by atoms with Crippen molar-refractivity contribution in [3.05, 3.63) is 70.4 Å². The summed E-state index contributed by atoms with van der Waals surface area (Å²) in [6.45, 7) is 0.326. The van der Waals surface area contributed by atoms with E-state index in [1.165, 1.54) is 6.07 Å². The summed E-state index contributed by atoms with van der Waals surface area (Å²) in [5.41, 5.74) is -0.242. The highest BCUT2D eigenvalue weighted by Crippen LogP contribution is 2.34. The van der Waals surface area contributed by atoms with E-state index in [4.69, 9.17) is 11.6 Å². The highest BCUT2D eigenvalue weighted by Gasteiger charge is 2.32. The Morgan fingerprint density at radius 2 is 1.79 bits per heavy atom. The number of carboxylic acids is 1. The molecule has 0 aliphatic carbocycles.